The zero-order chi connectivity index (χ0) is 17.1. The molecule has 1 atom stereocenters. The Balaban J connectivity index is 1.77. The van der Waals surface area contributed by atoms with Crippen molar-refractivity contribution >= 4 is 34.1 Å². The Labute approximate surface area is 142 Å². The molecule has 1 aromatic heterocycles. The number of benzene rings is 1. The van der Waals surface area contributed by atoms with Crippen molar-refractivity contribution < 1.29 is 19.1 Å². The Hall–Kier alpha value is -2.54. The van der Waals surface area contributed by atoms with Crippen LogP contribution in [0.25, 0.3) is 0 Å². The predicted octanol–water partition coefficient (Wildman–Crippen LogP) is 2.56. The van der Waals surface area contributed by atoms with E-state index in [2.05, 4.69) is 15.0 Å². The molecule has 24 heavy (non-hydrogen) atoms. The summed E-state index contributed by atoms with van der Waals surface area (Å²) >= 11 is 1.10. The van der Waals surface area contributed by atoms with Crippen LogP contribution in [0.1, 0.15) is 40.2 Å². The van der Waals surface area contributed by atoms with E-state index in [1.807, 2.05) is 30.3 Å². The van der Waals surface area contributed by atoms with Gasteiger partial charge in [0.05, 0.1) is 17.2 Å². The van der Waals surface area contributed by atoms with Gasteiger partial charge >= 0.3 is 11.9 Å². The minimum absolute atomic E-state index is 0.0132. The van der Waals surface area contributed by atoms with Crippen LogP contribution in [0, 0.1) is 0 Å². The molecule has 1 heterocycles. The average Bonchev–Trinajstić information content (AvgIpc) is 2.99. The summed E-state index contributed by atoms with van der Waals surface area (Å²) in [4.78, 5) is 40.3. The molecular weight excluding hydrogens is 328 g/mol. The van der Waals surface area contributed by atoms with Crippen molar-refractivity contribution in [2.45, 2.75) is 25.7 Å². The maximum Gasteiger partial charge on any atom is 0.397 e. The van der Waals surface area contributed by atoms with E-state index in [9.17, 15) is 14.4 Å². The van der Waals surface area contributed by atoms with Crippen LogP contribution in [-0.4, -0.2) is 29.3 Å². The monoisotopic (exact) mass is 344 g/mol. The lowest BCUT2D eigenvalue weighted by atomic mass is 9.85. The van der Waals surface area contributed by atoms with Crippen molar-refractivity contribution in [2.24, 2.45) is 0 Å². The molecule has 0 fully saturated rings. The molecule has 6 nitrogen and oxygen atoms in total. The van der Waals surface area contributed by atoms with Crippen LogP contribution in [0.4, 0.5) is 5.13 Å². The Bertz CT molecular complexity index is 785. The number of carbonyl (C=O) groups is 3. The van der Waals surface area contributed by atoms with Gasteiger partial charge in [-0.05, 0) is 24.8 Å². The zero-order valence-corrected chi connectivity index (χ0v) is 13.9. The van der Waals surface area contributed by atoms with E-state index < -0.39 is 11.9 Å². The molecule has 7 heteroatoms. The summed E-state index contributed by atoms with van der Waals surface area (Å²) in [6.45, 7) is 1.74. The number of fused-ring (bicyclic) bond motifs is 1. The Morgan fingerprint density at radius 1 is 1.29 bits per heavy atom. The summed E-state index contributed by atoms with van der Waals surface area (Å²) in [6, 6.07) is 9.83. The van der Waals surface area contributed by atoms with E-state index in [1.165, 1.54) is 0 Å². The second-order valence-electron chi connectivity index (χ2n) is 5.41. The Kier molecular flexibility index (Phi) is 4.71. The van der Waals surface area contributed by atoms with Crippen LogP contribution in [0.5, 0.6) is 0 Å². The number of nitrogens with zero attached hydrogens (tertiary/aromatic N) is 1. The molecule has 1 aliphatic rings. The highest BCUT2D eigenvalue weighted by Crippen LogP contribution is 2.36. The van der Waals surface area contributed by atoms with Crippen LogP contribution in [0.15, 0.2) is 30.3 Å². The molecular formula is C17H16N2O4S. The molecule has 1 amide bonds. The van der Waals surface area contributed by atoms with Gasteiger partial charge in [-0.1, -0.05) is 41.7 Å². The highest BCUT2D eigenvalue weighted by atomic mass is 32.1. The molecule has 2 aromatic rings. The summed E-state index contributed by atoms with van der Waals surface area (Å²) in [5.41, 5.74) is 1.77. The van der Waals surface area contributed by atoms with Crippen LogP contribution < -0.4 is 5.32 Å². The van der Waals surface area contributed by atoms with Gasteiger partial charge in [0.25, 0.3) is 0 Å². The van der Waals surface area contributed by atoms with E-state index in [0.717, 1.165) is 16.9 Å². The van der Waals surface area contributed by atoms with Crippen molar-refractivity contribution in [1.82, 2.24) is 4.98 Å². The lowest BCUT2D eigenvalue weighted by Crippen LogP contribution is -2.24. The van der Waals surface area contributed by atoms with Crippen LogP contribution in [0.2, 0.25) is 0 Å². The number of ketones is 1. The van der Waals surface area contributed by atoms with Crippen LogP contribution >= 0.6 is 11.3 Å². The average molecular weight is 344 g/mol. The topological polar surface area (TPSA) is 85.4 Å². The number of carbonyl (C=O) groups excluding carboxylic acids is 3. The minimum atomic E-state index is -0.959. The fourth-order valence-electron chi connectivity index (χ4n) is 2.69. The molecule has 124 valence electrons. The molecule has 0 saturated carbocycles. The standard InChI is InChI=1S/C17H16N2O4S/c1-2-23-16(22)15(21)19-17-18-12-8-11(9-13(20)14(12)24-17)10-6-4-3-5-7-10/h3-7,11H,2,8-9H2,1H3,(H,18,19,21). The van der Waals surface area contributed by atoms with Gasteiger partial charge in [0.1, 0.15) is 0 Å². The van der Waals surface area contributed by atoms with E-state index in [0.29, 0.717) is 23.4 Å². The fourth-order valence-corrected chi connectivity index (χ4v) is 3.63. The van der Waals surface area contributed by atoms with Gasteiger partial charge in [-0.3, -0.25) is 14.9 Å². The van der Waals surface area contributed by atoms with Crippen molar-refractivity contribution in [3.8, 4) is 0 Å². The van der Waals surface area contributed by atoms with Gasteiger partial charge in [0.2, 0.25) is 0 Å². The van der Waals surface area contributed by atoms with Gasteiger partial charge in [0.15, 0.2) is 10.9 Å². The molecule has 3 rings (SSSR count). The van der Waals surface area contributed by atoms with Gasteiger partial charge in [-0.25, -0.2) is 9.78 Å². The first-order valence-electron chi connectivity index (χ1n) is 7.64. The fraction of sp³-hybridized carbons (Fsp3) is 0.294. The SMILES string of the molecule is CCOC(=O)C(=O)Nc1nc2c(s1)C(=O)CC(c1ccccc1)C2. The quantitative estimate of drug-likeness (QED) is 0.683. The number of aromatic nitrogens is 1. The second kappa shape index (κ2) is 6.92. The summed E-state index contributed by atoms with van der Waals surface area (Å²) < 4.78 is 4.63. The maximum atomic E-state index is 12.4. The van der Waals surface area contributed by atoms with Crippen LogP contribution in [0.3, 0.4) is 0 Å². The number of esters is 1. The highest BCUT2D eigenvalue weighted by Gasteiger charge is 2.30. The number of hydrogen-bond donors (Lipinski definition) is 1. The number of thiazole rings is 1. The first-order valence-corrected chi connectivity index (χ1v) is 8.46. The third-order valence-electron chi connectivity index (χ3n) is 3.77. The molecule has 0 radical (unpaired) electrons. The number of hydrogen-bond acceptors (Lipinski definition) is 6. The van der Waals surface area contributed by atoms with Crippen molar-refractivity contribution in [3.05, 3.63) is 46.5 Å². The summed E-state index contributed by atoms with van der Waals surface area (Å²) in [5, 5.41) is 2.65. The molecule has 1 aliphatic carbocycles. The minimum Gasteiger partial charge on any atom is -0.459 e. The number of ether oxygens (including phenoxy) is 1. The molecule has 1 aromatic carbocycles. The summed E-state index contributed by atoms with van der Waals surface area (Å²) in [7, 11) is 0. The van der Waals surface area contributed by atoms with Gasteiger partial charge in [0, 0.05) is 6.42 Å². The molecule has 1 N–H and O–H groups in total. The lowest BCUT2D eigenvalue weighted by molar-refractivity contribution is -0.152. The number of amides is 1. The highest BCUT2D eigenvalue weighted by molar-refractivity contribution is 7.17. The van der Waals surface area contributed by atoms with Gasteiger partial charge in [-0.15, -0.1) is 0 Å². The van der Waals surface area contributed by atoms with E-state index in [-0.39, 0.29) is 23.4 Å². The van der Waals surface area contributed by atoms with Crippen LogP contribution in [-0.2, 0) is 20.7 Å². The first-order chi connectivity index (χ1) is 11.6. The third-order valence-corrected chi connectivity index (χ3v) is 4.83. The van der Waals surface area contributed by atoms with Gasteiger partial charge < -0.3 is 4.74 Å². The van der Waals surface area contributed by atoms with Crippen molar-refractivity contribution in [1.29, 1.82) is 0 Å². The normalized spacial score (nSPS) is 16.4. The maximum absolute atomic E-state index is 12.4. The number of nitrogens with one attached hydrogen (secondary N) is 1. The molecule has 0 aliphatic heterocycles. The number of rotatable bonds is 3. The van der Waals surface area contributed by atoms with Crippen molar-refractivity contribution in [2.75, 3.05) is 11.9 Å². The Morgan fingerprint density at radius 2 is 2.04 bits per heavy atom. The number of Topliss-reactive ketones (excluding diaryl/α,β-unsaturated/α-hetero) is 1. The van der Waals surface area contributed by atoms with E-state index in [1.54, 1.807) is 6.92 Å². The predicted molar refractivity (Wildman–Crippen MR) is 89.2 cm³/mol. The molecule has 1 unspecified atom stereocenters. The molecule has 0 saturated heterocycles. The van der Waals surface area contributed by atoms with Crippen molar-refractivity contribution in [3.63, 3.8) is 0 Å². The second-order valence-corrected chi connectivity index (χ2v) is 6.41. The smallest absolute Gasteiger partial charge is 0.397 e. The number of anilines is 1. The summed E-state index contributed by atoms with van der Waals surface area (Å²) in [6.07, 6.45) is 1.06. The van der Waals surface area contributed by atoms with Gasteiger partial charge in [-0.2, -0.15) is 0 Å². The first kappa shape index (κ1) is 16.3. The third kappa shape index (κ3) is 3.35. The lowest BCUT2D eigenvalue weighted by Gasteiger charge is -2.20. The summed E-state index contributed by atoms with van der Waals surface area (Å²) in [5.74, 6) is -1.74. The largest absolute Gasteiger partial charge is 0.459 e. The Morgan fingerprint density at radius 3 is 2.75 bits per heavy atom. The zero-order valence-electron chi connectivity index (χ0n) is 13.1. The molecule has 0 spiro atoms. The molecule has 0 bridgehead atoms. The van der Waals surface area contributed by atoms with E-state index in [4.69, 9.17) is 0 Å². The van der Waals surface area contributed by atoms with E-state index >= 15 is 0 Å².